The SMILES string of the molecule is O=S(=O)(NCCO)c1ccc(-c2cc(Nc3ccc(OC(F)(F)F)cc3)ncn2)cc1. The van der Waals surface area contributed by atoms with Crippen molar-refractivity contribution in [3.05, 3.63) is 60.9 Å². The molecule has 0 saturated heterocycles. The number of aliphatic hydroxyl groups is 1. The number of alkyl halides is 3. The number of sulfonamides is 1. The zero-order valence-corrected chi connectivity index (χ0v) is 16.6. The minimum atomic E-state index is -4.76. The Bertz CT molecular complexity index is 1120. The molecule has 31 heavy (non-hydrogen) atoms. The minimum Gasteiger partial charge on any atom is -0.406 e. The van der Waals surface area contributed by atoms with Crippen molar-refractivity contribution in [1.29, 1.82) is 0 Å². The maximum atomic E-state index is 12.2. The molecule has 164 valence electrons. The van der Waals surface area contributed by atoms with Gasteiger partial charge in [0.1, 0.15) is 17.9 Å². The van der Waals surface area contributed by atoms with Crippen LogP contribution in [0.1, 0.15) is 0 Å². The van der Waals surface area contributed by atoms with Crippen LogP contribution in [0.5, 0.6) is 5.75 Å². The summed E-state index contributed by atoms with van der Waals surface area (Å²) in [5, 5.41) is 11.7. The van der Waals surface area contributed by atoms with E-state index < -0.39 is 16.4 Å². The van der Waals surface area contributed by atoms with Crippen LogP contribution in [0.25, 0.3) is 11.3 Å². The molecule has 0 atom stereocenters. The van der Waals surface area contributed by atoms with Crippen LogP contribution in [0.4, 0.5) is 24.7 Å². The number of hydrogen-bond acceptors (Lipinski definition) is 7. The summed E-state index contributed by atoms with van der Waals surface area (Å²) in [7, 11) is -3.72. The van der Waals surface area contributed by atoms with Gasteiger partial charge < -0.3 is 15.2 Å². The standard InChI is InChI=1S/C19H17F3N4O4S/c20-19(21,22)30-15-5-3-14(4-6-15)26-18-11-17(23-12-24-18)13-1-7-16(8-2-13)31(28,29)25-9-10-27/h1-8,11-12,25,27H,9-10H2,(H,23,24,26). The van der Waals surface area contributed by atoms with Crippen molar-refractivity contribution >= 4 is 21.5 Å². The molecule has 1 aromatic heterocycles. The van der Waals surface area contributed by atoms with Crippen LogP contribution in [-0.4, -0.2) is 43.0 Å². The summed E-state index contributed by atoms with van der Waals surface area (Å²) < 4.78 is 66.9. The summed E-state index contributed by atoms with van der Waals surface area (Å²) in [6, 6.07) is 12.7. The predicted octanol–water partition coefficient (Wildman–Crippen LogP) is 3.06. The number of anilines is 2. The normalized spacial score (nSPS) is 11.9. The fourth-order valence-electron chi connectivity index (χ4n) is 2.54. The van der Waals surface area contributed by atoms with Gasteiger partial charge in [0.25, 0.3) is 0 Å². The quantitative estimate of drug-likeness (QED) is 0.479. The first-order chi connectivity index (χ1) is 14.7. The molecule has 0 bridgehead atoms. The van der Waals surface area contributed by atoms with Crippen LogP contribution in [-0.2, 0) is 10.0 Å². The van der Waals surface area contributed by atoms with Crippen molar-refractivity contribution in [1.82, 2.24) is 14.7 Å². The molecule has 3 rings (SSSR count). The van der Waals surface area contributed by atoms with Crippen molar-refractivity contribution in [2.75, 3.05) is 18.5 Å². The maximum absolute atomic E-state index is 12.2. The Balaban J connectivity index is 1.73. The van der Waals surface area contributed by atoms with E-state index in [1.165, 1.54) is 42.7 Å². The molecule has 0 aliphatic heterocycles. The van der Waals surface area contributed by atoms with Gasteiger partial charge in [0.05, 0.1) is 17.2 Å². The summed E-state index contributed by atoms with van der Waals surface area (Å²) >= 11 is 0. The monoisotopic (exact) mass is 454 g/mol. The van der Waals surface area contributed by atoms with Crippen LogP contribution in [0, 0.1) is 0 Å². The number of benzene rings is 2. The van der Waals surface area contributed by atoms with Gasteiger partial charge in [-0.3, -0.25) is 0 Å². The lowest BCUT2D eigenvalue weighted by Crippen LogP contribution is -2.26. The highest BCUT2D eigenvalue weighted by atomic mass is 32.2. The molecule has 8 nitrogen and oxygen atoms in total. The van der Waals surface area contributed by atoms with E-state index in [0.717, 1.165) is 0 Å². The van der Waals surface area contributed by atoms with Crippen LogP contribution in [0.2, 0.25) is 0 Å². The maximum Gasteiger partial charge on any atom is 0.573 e. The lowest BCUT2D eigenvalue weighted by Gasteiger charge is -2.11. The molecule has 3 N–H and O–H groups in total. The molecular weight excluding hydrogens is 437 g/mol. The Labute approximate surface area is 175 Å². The molecule has 0 aliphatic rings. The van der Waals surface area contributed by atoms with Gasteiger partial charge in [-0.2, -0.15) is 0 Å². The summed E-state index contributed by atoms with van der Waals surface area (Å²) in [4.78, 5) is 8.26. The molecule has 0 saturated carbocycles. The molecule has 0 fully saturated rings. The fraction of sp³-hybridized carbons (Fsp3) is 0.158. The van der Waals surface area contributed by atoms with E-state index in [4.69, 9.17) is 5.11 Å². The Morgan fingerprint density at radius 3 is 2.29 bits per heavy atom. The molecule has 12 heteroatoms. The number of rotatable bonds is 8. The first-order valence-electron chi connectivity index (χ1n) is 8.82. The molecule has 0 spiro atoms. The number of aliphatic hydroxyl groups excluding tert-OH is 1. The third kappa shape index (κ3) is 6.38. The van der Waals surface area contributed by atoms with Crippen LogP contribution in [0.3, 0.4) is 0 Å². The molecule has 2 aromatic carbocycles. The second-order valence-electron chi connectivity index (χ2n) is 6.13. The molecule has 0 radical (unpaired) electrons. The van der Waals surface area contributed by atoms with Crippen molar-refractivity contribution < 1.29 is 31.4 Å². The molecular formula is C19H17F3N4O4S. The molecule has 0 aliphatic carbocycles. The van der Waals surface area contributed by atoms with E-state index in [1.54, 1.807) is 18.2 Å². The average Bonchev–Trinajstić information content (AvgIpc) is 2.73. The summed E-state index contributed by atoms with van der Waals surface area (Å²) in [5.41, 5.74) is 1.61. The van der Waals surface area contributed by atoms with E-state index in [1.807, 2.05) is 0 Å². The minimum absolute atomic E-state index is 0.0401. The van der Waals surface area contributed by atoms with Gasteiger partial charge in [-0.05, 0) is 36.4 Å². The fourth-order valence-corrected chi connectivity index (χ4v) is 3.56. The van der Waals surface area contributed by atoms with Crippen molar-refractivity contribution in [2.24, 2.45) is 0 Å². The number of aromatic nitrogens is 2. The van der Waals surface area contributed by atoms with Gasteiger partial charge in [0.15, 0.2) is 0 Å². The Kier molecular flexibility index (Phi) is 6.73. The van der Waals surface area contributed by atoms with Gasteiger partial charge in [-0.15, -0.1) is 13.2 Å². The largest absolute Gasteiger partial charge is 0.573 e. The van der Waals surface area contributed by atoms with Gasteiger partial charge in [0, 0.05) is 23.9 Å². The average molecular weight is 454 g/mol. The van der Waals surface area contributed by atoms with E-state index >= 15 is 0 Å². The molecule has 0 amide bonds. The Morgan fingerprint density at radius 2 is 1.68 bits per heavy atom. The third-order valence-corrected chi connectivity index (χ3v) is 5.37. The van der Waals surface area contributed by atoms with E-state index in [-0.39, 0.29) is 23.8 Å². The van der Waals surface area contributed by atoms with Gasteiger partial charge in [0.2, 0.25) is 10.0 Å². The zero-order valence-electron chi connectivity index (χ0n) is 15.8. The highest BCUT2D eigenvalue weighted by molar-refractivity contribution is 7.89. The summed E-state index contributed by atoms with van der Waals surface area (Å²) in [6.07, 6.45) is -3.47. The zero-order chi connectivity index (χ0) is 22.5. The highest BCUT2D eigenvalue weighted by Gasteiger charge is 2.30. The first-order valence-corrected chi connectivity index (χ1v) is 10.3. The van der Waals surface area contributed by atoms with Crippen LogP contribution >= 0.6 is 0 Å². The number of hydrogen-bond donors (Lipinski definition) is 3. The summed E-state index contributed by atoms with van der Waals surface area (Å²) in [5.74, 6) is 0.0424. The second kappa shape index (κ2) is 9.29. The number of ether oxygens (including phenoxy) is 1. The topological polar surface area (TPSA) is 113 Å². The summed E-state index contributed by atoms with van der Waals surface area (Å²) in [6.45, 7) is -0.402. The lowest BCUT2D eigenvalue weighted by molar-refractivity contribution is -0.274. The lowest BCUT2D eigenvalue weighted by atomic mass is 10.1. The second-order valence-corrected chi connectivity index (χ2v) is 7.90. The first kappa shape index (κ1) is 22.5. The van der Waals surface area contributed by atoms with Gasteiger partial charge in [-0.25, -0.2) is 23.1 Å². The molecule has 0 unspecified atom stereocenters. The smallest absolute Gasteiger partial charge is 0.406 e. The third-order valence-electron chi connectivity index (χ3n) is 3.89. The van der Waals surface area contributed by atoms with Crippen molar-refractivity contribution in [2.45, 2.75) is 11.3 Å². The van der Waals surface area contributed by atoms with E-state index in [9.17, 15) is 21.6 Å². The van der Waals surface area contributed by atoms with Crippen LogP contribution < -0.4 is 14.8 Å². The van der Waals surface area contributed by atoms with Gasteiger partial charge in [-0.1, -0.05) is 12.1 Å². The van der Waals surface area contributed by atoms with Crippen molar-refractivity contribution in [3.63, 3.8) is 0 Å². The Hall–Kier alpha value is -3.22. The number of halogens is 3. The van der Waals surface area contributed by atoms with Gasteiger partial charge >= 0.3 is 6.36 Å². The van der Waals surface area contributed by atoms with Crippen molar-refractivity contribution in [3.8, 4) is 17.0 Å². The number of nitrogens with one attached hydrogen (secondary N) is 2. The molecule has 1 heterocycles. The number of nitrogens with zero attached hydrogens (tertiary/aromatic N) is 2. The van der Waals surface area contributed by atoms with E-state index in [2.05, 4.69) is 24.7 Å². The molecule has 3 aromatic rings. The predicted molar refractivity (Wildman–Crippen MR) is 106 cm³/mol. The Morgan fingerprint density at radius 1 is 1.00 bits per heavy atom. The van der Waals surface area contributed by atoms with E-state index in [0.29, 0.717) is 22.8 Å². The highest BCUT2D eigenvalue weighted by Crippen LogP contribution is 2.26. The van der Waals surface area contributed by atoms with Crippen LogP contribution in [0.15, 0.2) is 65.8 Å².